The second kappa shape index (κ2) is 27.3. The molecule has 0 bridgehead atoms. The molecule has 6 heterocycles. The Bertz CT molecular complexity index is 2710. The highest BCUT2D eigenvalue weighted by Crippen LogP contribution is 2.75. The van der Waals surface area contributed by atoms with Crippen molar-refractivity contribution in [1.29, 1.82) is 0 Å². The molecule has 32 heteroatoms. The monoisotopic (exact) mass is 1350 g/mol. The van der Waals surface area contributed by atoms with Gasteiger partial charge >= 0.3 is 11.9 Å². The average molecular weight is 1350 g/mol. The topological polar surface area (TPSA) is 506 Å². The molecule has 6 aliphatic heterocycles. The van der Waals surface area contributed by atoms with Gasteiger partial charge in [-0.25, -0.2) is 4.79 Å². The molecule has 6 saturated heterocycles. The first-order valence-electron chi connectivity index (χ1n) is 32.8. The van der Waals surface area contributed by atoms with Crippen LogP contribution in [0.4, 0.5) is 0 Å². The van der Waals surface area contributed by atoms with Gasteiger partial charge in [-0.1, -0.05) is 52.2 Å². The van der Waals surface area contributed by atoms with E-state index in [0.717, 1.165) is 11.9 Å². The summed E-state index contributed by atoms with van der Waals surface area (Å²) < 4.78 is 71.6. The molecule has 0 amide bonds. The van der Waals surface area contributed by atoms with Crippen molar-refractivity contribution in [2.45, 2.75) is 290 Å². The number of carboxylic acids is 1. The molecular weight excluding hydrogens is 1260 g/mol. The summed E-state index contributed by atoms with van der Waals surface area (Å²) in [6, 6.07) is 0. The Hall–Kier alpha value is -2.73. The number of carbonyl (C=O) groups is 3. The van der Waals surface area contributed by atoms with Crippen LogP contribution in [-0.2, 0) is 71.2 Å². The van der Waals surface area contributed by atoms with E-state index >= 15 is 4.79 Å². The quantitative estimate of drug-likeness (QED) is 0.0315. The van der Waals surface area contributed by atoms with Gasteiger partial charge in [-0.15, -0.1) is 0 Å². The molecule has 4 saturated carbocycles. The second-order valence-electron chi connectivity index (χ2n) is 29.1. The number of hydrogen-bond acceptors (Lipinski definition) is 31. The van der Waals surface area contributed by atoms with E-state index in [1.54, 1.807) is 6.92 Å². The highest BCUT2D eigenvalue weighted by molar-refractivity contribution is 5.80. The summed E-state index contributed by atoms with van der Waals surface area (Å²) >= 11 is 0. The van der Waals surface area contributed by atoms with Gasteiger partial charge in [0.05, 0.1) is 49.7 Å². The number of aliphatic carboxylic acids is 1. The van der Waals surface area contributed by atoms with Crippen molar-refractivity contribution in [3.8, 4) is 0 Å². The maximum absolute atomic E-state index is 15.4. The fraction of sp³-hybridized carbons (Fsp3) is 0.919. The molecule has 11 aliphatic rings. The first kappa shape index (κ1) is 72.5. The van der Waals surface area contributed by atoms with Crippen LogP contribution >= 0.6 is 0 Å². The lowest BCUT2D eigenvalue weighted by molar-refractivity contribution is -0.391. The Labute approximate surface area is 541 Å². The van der Waals surface area contributed by atoms with E-state index < -0.39 is 255 Å². The second-order valence-corrected chi connectivity index (χ2v) is 29.1. The van der Waals surface area contributed by atoms with Gasteiger partial charge in [0.15, 0.2) is 43.7 Å². The molecule has 17 N–H and O–H groups in total. The van der Waals surface area contributed by atoms with Crippen LogP contribution in [-0.4, -0.2) is 309 Å². The molecule has 32 nitrogen and oxygen atoms in total. The number of esters is 1. The van der Waals surface area contributed by atoms with E-state index in [1.165, 1.54) is 13.8 Å². The minimum atomic E-state index is -2.21. The van der Waals surface area contributed by atoms with E-state index in [9.17, 15) is 96.4 Å². The van der Waals surface area contributed by atoms with Crippen molar-refractivity contribution in [3.63, 3.8) is 0 Å². The number of ether oxygens (including phenoxy) is 12. The standard InChI is InChI=1S/C62H96O32/c1-22-33(68)38(73)48(92-53-43(78)39(74)45(23(2)86-53)89-51-40(75)34(69)26(65)19-83-51)55(85-22)94-57(82)62-14-8-7-9-25(62)24-10-11-30-58(3)15-13-32(59(4,21-64)29(58)12-16-60(30,5)61(24,6)17-31(62)67)88-56-49(93-54-42(77)37(72)36(71)28(18-63)87-54)46(44(79)47(91-56)50(80)81)90-52-41(76)35(70)27(66)20-84-52/h10,21-23,25-49,51-56,63,65-79H,7-9,11-20H2,1-6H3,(H,80,81)/t22-,23+,25+,26-,27-,28-,29-,30-,31-,32+,33+,34+,35+,36+,37+,38+,39+,40-,41-,42-,43-,44+,45+,46+,47+,48-,49-,51+,52+,53+,54+,55+,56-,58+,59+,60-,61-,62-/m1/s1. The number of hydrogen-bond donors (Lipinski definition) is 17. The Morgan fingerprint density at radius 3 is 1.76 bits per heavy atom. The largest absolute Gasteiger partial charge is 0.479 e. The van der Waals surface area contributed by atoms with Crippen LogP contribution in [0.5, 0.6) is 0 Å². The number of carboxylic acid groups (broad SMARTS) is 1. The lowest BCUT2D eigenvalue weighted by Crippen LogP contribution is -2.69. The van der Waals surface area contributed by atoms with E-state index in [1.807, 2.05) is 0 Å². The zero-order chi connectivity index (χ0) is 68.4. The highest BCUT2D eigenvalue weighted by atomic mass is 16.8. The van der Waals surface area contributed by atoms with Gasteiger partial charge in [-0.2, -0.15) is 0 Å². The minimum absolute atomic E-state index is 0.0821. The van der Waals surface area contributed by atoms with Gasteiger partial charge in [-0.05, 0) is 99.2 Å². The van der Waals surface area contributed by atoms with Crippen LogP contribution in [0, 0.1) is 44.8 Å². The molecule has 0 aromatic carbocycles. The maximum atomic E-state index is 15.4. The van der Waals surface area contributed by atoms with Crippen molar-refractivity contribution in [1.82, 2.24) is 0 Å². The van der Waals surface area contributed by atoms with Crippen LogP contribution in [0.15, 0.2) is 11.6 Å². The third-order valence-electron chi connectivity index (χ3n) is 24.1. The summed E-state index contributed by atoms with van der Waals surface area (Å²) in [4.78, 5) is 42.5. The lowest BCUT2D eigenvalue weighted by Gasteiger charge is -2.71. The van der Waals surface area contributed by atoms with E-state index in [-0.39, 0.29) is 25.2 Å². The van der Waals surface area contributed by atoms with Crippen LogP contribution < -0.4 is 0 Å². The van der Waals surface area contributed by atoms with E-state index in [2.05, 4.69) is 26.8 Å². The molecule has 38 atom stereocenters. The third-order valence-corrected chi connectivity index (χ3v) is 24.1. The van der Waals surface area contributed by atoms with Crippen molar-refractivity contribution in [2.24, 2.45) is 44.8 Å². The average Bonchev–Trinajstić information content (AvgIpc) is 0.673. The summed E-state index contributed by atoms with van der Waals surface area (Å²) in [6.45, 7) is 9.09. The molecule has 10 fully saturated rings. The van der Waals surface area contributed by atoms with Crippen LogP contribution in [0.25, 0.3) is 0 Å². The number of rotatable bonds is 15. The Kier molecular flexibility index (Phi) is 21.1. The molecule has 0 spiro atoms. The number of aliphatic hydroxyl groups excluding tert-OH is 16. The van der Waals surface area contributed by atoms with Crippen LogP contribution in [0.1, 0.15) is 106 Å². The Morgan fingerprint density at radius 1 is 0.553 bits per heavy atom. The predicted octanol–water partition coefficient (Wildman–Crippen LogP) is -5.45. The van der Waals surface area contributed by atoms with Crippen LogP contribution in [0.3, 0.4) is 0 Å². The van der Waals surface area contributed by atoms with Crippen molar-refractivity contribution >= 4 is 18.2 Å². The lowest BCUT2D eigenvalue weighted by atomic mass is 9.33. The summed E-state index contributed by atoms with van der Waals surface area (Å²) in [5, 5.41) is 186. The molecule has 0 radical (unpaired) electrons. The summed E-state index contributed by atoms with van der Waals surface area (Å²) in [5.41, 5.74) is -4.10. The zero-order valence-electron chi connectivity index (χ0n) is 53.1. The molecule has 94 heavy (non-hydrogen) atoms. The first-order chi connectivity index (χ1) is 44.2. The van der Waals surface area contributed by atoms with E-state index in [0.29, 0.717) is 44.9 Å². The smallest absolute Gasteiger partial charge is 0.335 e. The van der Waals surface area contributed by atoms with Crippen LogP contribution in [0.2, 0.25) is 0 Å². The summed E-state index contributed by atoms with van der Waals surface area (Å²) in [5.74, 6) is -3.83. The molecular formula is C62H96O32. The minimum Gasteiger partial charge on any atom is -0.479 e. The molecule has 0 aromatic rings. The van der Waals surface area contributed by atoms with E-state index in [4.69, 9.17) is 56.8 Å². The van der Waals surface area contributed by atoms with Crippen molar-refractivity contribution in [3.05, 3.63) is 11.6 Å². The van der Waals surface area contributed by atoms with Crippen molar-refractivity contribution in [2.75, 3.05) is 19.8 Å². The fourth-order valence-corrected chi connectivity index (χ4v) is 18.4. The highest BCUT2D eigenvalue weighted by Gasteiger charge is 2.72. The van der Waals surface area contributed by atoms with Gasteiger partial charge < -0.3 is 148 Å². The molecule has 0 aromatic heterocycles. The van der Waals surface area contributed by atoms with Gasteiger partial charge in [0, 0.05) is 0 Å². The molecule has 0 unspecified atom stereocenters. The Morgan fingerprint density at radius 2 is 1.13 bits per heavy atom. The third kappa shape index (κ3) is 11.9. The zero-order valence-corrected chi connectivity index (χ0v) is 53.1. The predicted molar refractivity (Wildman–Crippen MR) is 306 cm³/mol. The fourth-order valence-electron chi connectivity index (χ4n) is 18.4. The van der Waals surface area contributed by atoms with Crippen molar-refractivity contribution < 1.29 is 158 Å². The van der Waals surface area contributed by atoms with Gasteiger partial charge in [-0.3, -0.25) is 4.79 Å². The van der Waals surface area contributed by atoms with Gasteiger partial charge in [0.25, 0.3) is 0 Å². The first-order valence-corrected chi connectivity index (χ1v) is 32.8. The number of fused-ring (bicyclic) bond motifs is 7. The molecule has 5 aliphatic carbocycles. The number of allylic oxidation sites excluding steroid dienone is 2. The molecule has 536 valence electrons. The number of carbonyl (C=O) groups excluding carboxylic acids is 2. The molecule has 11 rings (SSSR count). The summed E-state index contributed by atoms with van der Waals surface area (Å²) in [6.07, 6.45) is -45.2. The summed E-state index contributed by atoms with van der Waals surface area (Å²) in [7, 11) is 0. The van der Waals surface area contributed by atoms with Gasteiger partial charge in [0.1, 0.15) is 122 Å². The maximum Gasteiger partial charge on any atom is 0.335 e. The van der Waals surface area contributed by atoms with Gasteiger partial charge in [0.2, 0.25) is 6.29 Å². The SMILES string of the molecule is C[C@@H]1O[C@@H](O[C@H]2[C@H](OC(=O)[C@]34CCCC[C@H]3C3=CC[C@@H]5[C@@]6(C)CC[C@H](O[C@@H]7O[C@H](C(=O)O)[C@@H](O)[C@H](O[C@@H]8OC[C@@H](O)[C@H](O)[C@H]8O)[C@H]7O[C@@H]7O[C@H](CO)[C@H](O)[C@H](O)[C@H]7O)[C@@](C)(C=O)[C@@H]6CC[C@@]5(C)[C@]3(C)C[C@H]4O)O[C@H](C)[C@H](O)[C@@H]2O)[C@H](O)[C@H](O)[C@H]1O[C@@H]1OC[C@@H](O)[C@H](O)[C@H]1O. The Balaban J connectivity index is 0.839. The number of aldehydes is 1. The number of aliphatic hydroxyl groups is 16. The normalized spacial score (nSPS) is 55.4.